The van der Waals surface area contributed by atoms with Gasteiger partial charge in [-0.15, -0.1) is 23.5 Å². The Hall–Kier alpha value is -0.739. The van der Waals surface area contributed by atoms with Gasteiger partial charge in [-0.2, -0.15) is 0 Å². The first-order valence-electron chi connectivity index (χ1n) is 24.1. The molecule has 2 aromatic rings. The number of ketones is 1. The molecular formula is C52H90O6S2Si3. The van der Waals surface area contributed by atoms with E-state index in [9.17, 15) is 4.79 Å². The minimum Gasteiger partial charge on any atom is -0.411 e. The molecule has 2 aromatic carbocycles. The van der Waals surface area contributed by atoms with Gasteiger partial charge in [0.25, 0.3) is 8.32 Å². The lowest BCUT2D eigenvalue weighted by molar-refractivity contribution is -0.147. The highest BCUT2D eigenvalue weighted by Crippen LogP contribution is 2.51. The van der Waals surface area contributed by atoms with E-state index in [0.29, 0.717) is 25.2 Å². The number of carbonyl (C=O) groups excluding carboxylic acids is 1. The number of thioether (sulfide) groups is 2. The van der Waals surface area contributed by atoms with Gasteiger partial charge in [0, 0.05) is 25.4 Å². The van der Waals surface area contributed by atoms with Crippen molar-refractivity contribution in [2.45, 2.75) is 212 Å². The molecule has 6 nitrogen and oxygen atoms in total. The van der Waals surface area contributed by atoms with E-state index >= 15 is 0 Å². The second-order valence-electron chi connectivity index (χ2n) is 24.0. The Labute approximate surface area is 398 Å². The number of hydrogen-bond acceptors (Lipinski definition) is 8. The summed E-state index contributed by atoms with van der Waals surface area (Å²) >= 11 is 4.01. The summed E-state index contributed by atoms with van der Waals surface area (Å²) in [6.07, 6.45) is 3.39. The van der Waals surface area contributed by atoms with E-state index in [0.717, 1.165) is 24.3 Å². The van der Waals surface area contributed by atoms with Gasteiger partial charge in [-0.3, -0.25) is 4.79 Å². The maximum absolute atomic E-state index is 14.1. The van der Waals surface area contributed by atoms with Crippen LogP contribution in [0.1, 0.15) is 136 Å². The number of benzene rings is 2. The van der Waals surface area contributed by atoms with Gasteiger partial charge >= 0.3 is 0 Å². The zero-order valence-corrected chi connectivity index (χ0v) is 47.9. The molecule has 0 bridgehead atoms. The molecule has 0 spiro atoms. The minimum absolute atomic E-state index is 0.0000782. The number of ether oxygens (including phenoxy) is 2. The van der Waals surface area contributed by atoms with Crippen LogP contribution in [0.25, 0.3) is 0 Å². The molecule has 358 valence electrons. The van der Waals surface area contributed by atoms with Crippen LogP contribution in [0, 0.1) is 17.8 Å². The molecule has 11 heteroatoms. The molecule has 0 amide bonds. The minimum atomic E-state index is -2.81. The zero-order valence-electron chi connectivity index (χ0n) is 43.2. The Balaban J connectivity index is 1.64. The summed E-state index contributed by atoms with van der Waals surface area (Å²) < 4.78 is 36.0. The molecule has 2 aliphatic heterocycles. The first kappa shape index (κ1) is 54.9. The van der Waals surface area contributed by atoms with E-state index in [4.69, 9.17) is 22.8 Å². The van der Waals surface area contributed by atoms with Gasteiger partial charge in [-0.25, -0.2) is 0 Å². The van der Waals surface area contributed by atoms with Crippen molar-refractivity contribution in [2.75, 3.05) is 18.1 Å². The summed E-state index contributed by atoms with van der Waals surface area (Å²) in [6, 6.07) is 21.9. The second-order valence-corrected chi connectivity index (χ2v) is 41.2. The molecule has 0 saturated carbocycles. The number of hydrogen-bond donors (Lipinski definition) is 0. The first-order valence-corrected chi connectivity index (χ1v) is 33.8. The molecule has 0 unspecified atom stereocenters. The van der Waals surface area contributed by atoms with Crippen LogP contribution in [0.4, 0.5) is 0 Å². The van der Waals surface area contributed by atoms with Crippen LogP contribution in [-0.4, -0.2) is 83.1 Å². The maximum atomic E-state index is 14.1. The Morgan fingerprint density at radius 3 is 1.67 bits per heavy atom. The molecular weight excluding hydrogens is 869 g/mol. The van der Waals surface area contributed by atoms with Crippen LogP contribution >= 0.6 is 23.5 Å². The Morgan fingerprint density at radius 2 is 1.19 bits per heavy atom. The number of Topliss-reactive ketones (excluding diaryl/α,β-unsaturated/α-hetero) is 1. The lowest BCUT2D eigenvalue weighted by atomic mass is 9.88. The highest BCUT2D eigenvalue weighted by atomic mass is 32.2. The van der Waals surface area contributed by atoms with Gasteiger partial charge in [-0.1, -0.05) is 144 Å². The standard InChI is InChI=1S/C52H90O6S2Si3/c1-38(33-41(53)34-39(2)36-45-47(56-51(13,14)55-45)52(15)59-31-26-32-60-52)35-44(57-61(16,17)48(4,5)6)46(58-62(18,19)49(7,8)9)40(3)37-54-63(50(10,11)12,42-27-22-20-23-28-42)43-29-24-21-25-30-43/h20-25,27-30,38-40,44-47H,26,31-37H2,1-19H3/t38-,39+,40+,44+,45+,46+,47-/m1/s1. The summed E-state index contributed by atoms with van der Waals surface area (Å²) in [5.41, 5.74) is 0. The lowest BCUT2D eigenvalue weighted by Gasteiger charge is -2.48. The quantitative estimate of drug-likeness (QED) is 0.122. The highest BCUT2D eigenvalue weighted by Gasteiger charge is 2.54. The lowest BCUT2D eigenvalue weighted by Crippen LogP contribution is -2.67. The highest BCUT2D eigenvalue weighted by molar-refractivity contribution is 8.18. The van der Waals surface area contributed by atoms with Crippen LogP contribution < -0.4 is 10.4 Å². The van der Waals surface area contributed by atoms with Crippen LogP contribution in [0.3, 0.4) is 0 Å². The Morgan fingerprint density at radius 1 is 0.714 bits per heavy atom. The van der Waals surface area contributed by atoms with Gasteiger partial charge < -0.3 is 22.8 Å². The van der Waals surface area contributed by atoms with E-state index in [2.05, 4.69) is 177 Å². The van der Waals surface area contributed by atoms with E-state index < -0.39 is 30.7 Å². The average Bonchev–Trinajstić information content (AvgIpc) is 3.47. The molecule has 2 heterocycles. The van der Waals surface area contributed by atoms with Crippen molar-refractivity contribution in [3.8, 4) is 0 Å². The van der Waals surface area contributed by atoms with Crippen LogP contribution in [0.15, 0.2) is 60.7 Å². The monoisotopic (exact) mass is 959 g/mol. The third-order valence-corrected chi connectivity index (χ3v) is 31.9. The van der Waals surface area contributed by atoms with Gasteiger partial charge in [0.05, 0.1) is 22.4 Å². The van der Waals surface area contributed by atoms with Crippen molar-refractivity contribution in [1.29, 1.82) is 0 Å². The molecule has 0 N–H and O–H groups in total. The number of rotatable bonds is 20. The SMILES string of the molecule is C[C@H](CC(=O)C[C@H](C)C[C@@H]1OC(C)(C)O[C@H]1C1(C)SCCCS1)C[C@H](O[Si](C)(C)C(C)(C)C)[C@@H](O[Si](C)(C)C(C)(C)C)[C@@H](C)CO[Si](c1ccccc1)(c1ccccc1)C(C)(C)C. The summed E-state index contributed by atoms with van der Waals surface area (Å²) in [7, 11) is -7.42. The van der Waals surface area contributed by atoms with E-state index in [1.165, 1.54) is 16.8 Å². The molecule has 0 aromatic heterocycles. The predicted octanol–water partition coefficient (Wildman–Crippen LogP) is 13.5. The fraction of sp³-hybridized carbons (Fsp3) is 0.750. The largest absolute Gasteiger partial charge is 0.411 e. The van der Waals surface area contributed by atoms with E-state index in [1.807, 2.05) is 37.4 Å². The molecule has 2 fully saturated rings. The maximum Gasteiger partial charge on any atom is 0.261 e. The second kappa shape index (κ2) is 21.3. The topological polar surface area (TPSA) is 63.2 Å². The summed E-state index contributed by atoms with van der Waals surface area (Å²) in [4.78, 5) is 14.1. The Bertz CT molecular complexity index is 1690. The molecule has 0 radical (unpaired) electrons. The third kappa shape index (κ3) is 13.9. The molecule has 63 heavy (non-hydrogen) atoms. The van der Waals surface area contributed by atoms with E-state index in [1.54, 1.807) is 0 Å². The van der Waals surface area contributed by atoms with E-state index in [-0.39, 0.29) is 61.4 Å². The molecule has 4 rings (SSSR count). The summed E-state index contributed by atoms with van der Waals surface area (Å²) in [6.45, 7) is 44.2. The summed E-state index contributed by atoms with van der Waals surface area (Å²) in [5.74, 6) is 2.30. The average molecular weight is 960 g/mol. The molecule has 7 atom stereocenters. The van der Waals surface area contributed by atoms with Crippen LogP contribution in [0.5, 0.6) is 0 Å². The van der Waals surface area contributed by atoms with Gasteiger partial charge in [0.1, 0.15) is 11.9 Å². The third-order valence-electron chi connectivity index (χ3n) is 14.6. The Kier molecular flexibility index (Phi) is 18.5. The predicted molar refractivity (Wildman–Crippen MR) is 280 cm³/mol. The zero-order chi connectivity index (χ0) is 47.5. The smallest absolute Gasteiger partial charge is 0.261 e. The van der Waals surface area contributed by atoms with Gasteiger partial charge in [-0.05, 0) is 115 Å². The van der Waals surface area contributed by atoms with Crippen molar-refractivity contribution in [3.05, 3.63) is 60.7 Å². The molecule has 2 aliphatic rings. The summed E-state index contributed by atoms with van der Waals surface area (Å²) in [5, 5.41) is 2.41. The van der Waals surface area contributed by atoms with Crippen molar-refractivity contribution in [3.63, 3.8) is 0 Å². The van der Waals surface area contributed by atoms with Crippen LogP contribution in [-0.2, 0) is 27.5 Å². The van der Waals surface area contributed by atoms with Gasteiger partial charge in [0.15, 0.2) is 22.4 Å². The normalized spacial score (nSPS) is 22.6. The molecule has 2 saturated heterocycles. The van der Waals surface area contributed by atoms with Crippen molar-refractivity contribution >= 4 is 64.6 Å². The van der Waals surface area contributed by atoms with Gasteiger partial charge in [0.2, 0.25) is 0 Å². The van der Waals surface area contributed by atoms with Crippen molar-refractivity contribution in [2.24, 2.45) is 17.8 Å². The van der Waals surface area contributed by atoms with Crippen molar-refractivity contribution in [1.82, 2.24) is 0 Å². The number of carbonyl (C=O) groups is 1. The fourth-order valence-corrected chi connectivity index (χ4v) is 19.6. The van der Waals surface area contributed by atoms with Crippen molar-refractivity contribution < 1.29 is 27.5 Å². The fourth-order valence-electron chi connectivity index (χ4n) is 9.08. The van der Waals surface area contributed by atoms with Crippen LogP contribution in [0.2, 0.25) is 41.3 Å². The molecule has 0 aliphatic carbocycles. The first-order chi connectivity index (χ1) is 28.8.